The van der Waals surface area contributed by atoms with E-state index >= 15 is 0 Å². The molecule has 3 aromatic rings. The fourth-order valence-electron chi connectivity index (χ4n) is 3.16. The minimum absolute atomic E-state index is 0.208. The largest absolute Gasteiger partial charge is 0.393 e. The van der Waals surface area contributed by atoms with Crippen LogP contribution in [-0.4, -0.2) is 16.2 Å². The van der Waals surface area contributed by atoms with E-state index in [4.69, 9.17) is 0 Å². The van der Waals surface area contributed by atoms with Gasteiger partial charge in [0, 0.05) is 17.1 Å². The summed E-state index contributed by atoms with van der Waals surface area (Å²) in [5.74, 6) is 0. The van der Waals surface area contributed by atoms with E-state index in [2.05, 4.69) is 72.2 Å². The monoisotopic (exact) mass is 357 g/mol. The molecular formula is C25H27NO. The molecule has 0 aliphatic carbocycles. The quantitative estimate of drug-likeness (QED) is 0.385. The molecule has 0 aliphatic heterocycles. The predicted octanol–water partition coefficient (Wildman–Crippen LogP) is 6.19. The Balaban J connectivity index is 1.70. The second kappa shape index (κ2) is 9.29. The summed E-state index contributed by atoms with van der Waals surface area (Å²) in [6.07, 6.45) is 11.7. The summed E-state index contributed by atoms with van der Waals surface area (Å²) in [6, 6.07) is 17.1. The number of benzene rings is 2. The molecule has 2 aromatic carbocycles. The summed E-state index contributed by atoms with van der Waals surface area (Å²) in [6.45, 7) is 5.64. The number of aliphatic hydroxyl groups is 1. The van der Waals surface area contributed by atoms with Crippen molar-refractivity contribution in [2.24, 2.45) is 0 Å². The number of hydrogen-bond acceptors (Lipinski definition) is 2. The molecule has 1 heterocycles. The van der Waals surface area contributed by atoms with Crippen LogP contribution in [0.3, 0.4) is 0 Å². The van der Waals surface area contributed by atoms with Crippen LogP contribution in [0, 0.1) is 0 Å². The summed E-state index contributed by atoms with van der Waals surface area (Å²) in [5.41, 5.74) is 4.56. The molecule has 0 aliphatic rings. The van der Waals surface area contributed by atoms with Crippen LogP contribution < -0.4 is 0 Å². The van der Waals surface area contributed by atoms with E-state index in [1.807, 2.05) is 19.2 Å². The zero-order valence-corrected chi connectivity index (χ0v) is 15.9. The Morgan fingerprint density at radius 3 is 2.63 bits per heavy atom. The fraction of sp³-hybridized carbons (Fsp3) is 0.240. The first-order chi connectivity index (χ1) is 13.2. The molecule has 1 aromatic heterocycles. The molecule has 0 saturated carbocycles. The van der Waals surface area contributed by atoms with Crippen molar-refractivity contribution >= 4 is 16.8 Å². The lowest BCUT2D eigenvalue weighted by Gasteiger charge is -2.06. The van der Waals surface area contributed by atoms with Gasteiger partial charge in [-0.2, -0.15) is 0 Å². The molecule has 27 heavy (non-hydrogen) atoms. The van der Waals surface area contributed by atoms with E-state index in [1.165, 1.54) is 16.5 Å². The van der Waals surface area contributed by atoms with Crippen molar-refractivity contribution in [3.05, 3.63) is 84.6 Å². The average molecular weight is 357 g/mol. The van der Waals surface area contributed by atoms with Gasteiger partial charge in [-0.15, -0.1) is 6.58 Å². The van der Waals surface area contributed by atoms with E-state index < -0.39 is 0 Å². The number of allylic oxidation sites excluding steroid dienone is 2. The highest BCUT2D eigenvalue weighted by Crippen LogP contribution is 2.24. The third kappa shape index (κ3) is 5.38. The molecule has 1 N–H and O–H groups in total. The summed E-state index contributed by atoms with van der Waals surface area (Å²) in [4.78, 5) is 4.64. The van der Waals surface area contributed by atoms with E-state index in [0.717, 1.165) is 42.3 Å². The standard InChI is InChI=1S/C25H27NO/c1-3-7-21-12-15-23-17-25(26-18-24(23)16-21)22-13-10-20(11-14-22)9-6-4-5-8-19(2)27/h3,6,9-19,27H,1,4-5,7-8H2,2H3/b9-6+. The first-order valence-corrected chi connectivity index (χ1v) is 9.60. The first-order valence-electron chi connectivity index (χ1n) is 9.60. The van der Waals surface area contributed by atoms with Crippen molar-refractivity contribution in [1.29, 1.82) is 0 Å². The Hall–Kier alpha value is -2.71. The number of pyridine rings is 1. The SMILES string of the molecule is C=CCc1ccc2cc(-c3ccc(/C=C/CCCC(C)O)cc3)ncc2c1. The number of rotatable bonds is 8. The van der Waals surface area contributed by atoms with Crippen LogP contribution in [0.2, 0.25) is 0 Å². The lowest BCUT2D eigenvalue weighted by molar-refractivity contribution is 0.182. The van der Waals surface area contributed by atoms with E-state index in [0.29, 0.717) is 0 Å². The molecule has 0 radical (unpaired) electrons. The van der Waals surface area contributed by atoms with Crippen molar-refractivity contribution < 1.29 is 5.11 Å². The summed E-state index contributed by atoms with van der Waals surface area (Å²) < 4.78 is 0. The molecule has 0 amide bonds. The highest BCUT2D eigenvalue weighted by Gasteiger charge is 2.02. The molecule has 2 nitrogen and oxygen atoms in total. The molecule has 2 heteroatoms. The number of aliphatic hydroxyl groups excluding tert-OH is 1. The lowest BCUT2D eigenvalue weighted by Crippen LogP contribution is -1.97. The molecule has 1 unspecified atom stereocenters. The number of unbranched alkanes of at least 4 members (excludes halogenated alkanes) is 1. The van der Waals surface area contributed by atoms with Gasteiger partial charge in [-0.05, 0) is 61.3 Å². The molecule has 0 saturated heterocycles. The van der Waals surface area contributed by atoms with Crippen molar-refractivity contribution in [2.75, 3.05) is 0 Å². The Labute approximate surface area is 161 Å². The smallest absolute Gasteiger partial charge is 0.0708 e. The predicted molar refractivity (Wildman–Crippen MR) is 116 cm³/mol. The minimum Gasteiger partial charge on any atom is -0.393 e. The molecule has 1 atom stereocenters. The van der Waals surface area contributed by atoms with Crippen molar-refractivity contribution in [3.8, 4) is 11.3 Å². The Morgan fingerprint density at radius 2 is 1.89 bits per heavy atom. The maximum absolute atomic E-state index is 9.28. The van der Waals surface area contributed by atoms with E-state index in [1.54, 1.807) is 0 Å². The Bertz CT molecular complexity index is 923. The molecule has 0 fully saturated rings. The first kappa shape index (κ1) is 19.1. The second-order valence-corrected chi connectivity index (χ2v) is 7.05. The van der Waals surface area contributed by atoms with Crippen LogP contribution >= 0.6 is 0 Å². The van der Waals surface area contributed by atoms with Gasteiger partial charge >= 0.3 is 0 Å². The Morgan fingerprint density at radius 1 is 1.07 bits per heavy atom. The van der Waals surface area contributed by atoms with Crippen LogP contribution in [0.4, 0.5) is 0 Å². The maximum atomic E-state index is 9.28. The fourth-order valence-corrected chi connectivity index (χ4v) is 3.16. The van der Waals surface area contributed by atoms with Gasteiger partial charge < -0.3 is 5.11 Å². The summed E-state index contributed by atoms with van der Waals surface area (Å²) in [7, 11) is 0. The maximum Gasteiger partial charge on any atom is 0.0708 e. The molecule has 0 bridgehead atoms. The van der Waals surface area contributed by atoms with Gasteiger partial charge in [-0.25, -0.2) is 0 Å². The van der Waals surface area contributed by atoms with Gasteiger partial charge in [0.25, 0.3) is 0 Å². The van der Waals surface area contributed by atoms with Crippen LogP contribution in [0.25, 0.3) is 28.1 Å². The molecule has 0 spiro atoms. The Kier molecular flexibility index (Phi) is 6.56. The van der Waals surface area contributed by atoms with Gasteiger partial charge in [0.1, 0.15) is 0 Å². The van der Waals surface area contributed by atoms with Crippen LogP contribution in [0.5, 0.6) is 0 Å². The molecule has 138 valence electrons. The van der Waals surface area contributed by atoms with Gasteiger partial charge in [-0.1, -0.05) is 54.6 Å². The topological polar surface area (TPSA) is 33.1 Å². The highest BCUT2D eigenvalue weighted by atomic mass is 16.3. The van der Waals surface area contributed by atoms with Gasteiger partial charge in [0.2, 0.25) is 0 Å². The van der Waals surface area contributed by atoms with Gasteiger partial charge in [0.05, 0.1) is 11.8 Å². The third-order valence-corrected chi connectivity index (χ3v) is 4.68. The average Bonchev–Trinajstić information content (AvgIpc) is 2.68. The van der Waals surface area contributed by atoms with Gasteiger partial charge in [0.15, 0.2) is 0 Å². The number of fused-ring (bicyclic) bond motifs is 1. The summed E-state index contributed by atoms with van der Waals surface area (Å²) >= 11 is 0. The van der Waals surface area contributed by atoms with Gasteiger partial charge in [-0.3, -0.25) is 4.98 Å². The third-order valence-electron chi connectivity index (χ3n) is 4.68. The lowest BCUT2D eigenvalue weighted by atomic mass is 10.0. The number of hydrogen-bond donors (Lipinski definition) is 1. The normalized spacial score (nSPS) is 12.5. The minimum atomic E-state index is -0.208. The number of aromatic nitrogens is 1. The van der Waals surface area contributed by atoms with Crippen LogP contribution in [0.1, 0.15) is 37.3 Å². The summed E-state index contributed by atoms with van der Waals surface area (Å²) in [5, 5.41) is 11.6. The van der Waals surface area contributed by atoms with E-state index in [9.17, 15) is 5.11 Å². The van der Waals surface area contributed by atoms with Crippen molar-refractivity contribution in [1.82, 2.24) is 4.98 Å². The van der Waals surface area contributed by atoms with Crippen molar-refractivity contribution in [3.63, 3.8) is 0 Å². The molecular weight excluding hydrogens is 330 g/mol. The van der Waals surface area contributed by atoms with E-state index in [-0.39, 0.29) is 6.10 Å². The van der Waals surface area contributed by atoms with Crippen LogP contribution in [0.15, 0.2) is 73.5 Å². The second-order valence-electron chi connectivity index (χ2n) is 7.05. The van der Waals surface area contributed by atoms with Crippen molar-refractivity contribution in [2.45, 2.75) is 38.7 Å². The number of nitrogens with zero attached hydrogens (tertiary/aromatic N) is 1. The highest BCUT2D eigenvalue weighted by molar-refractivity contribution is 5.85. The van der Waals surface area contributed by atoms with Crippen LogP contribution in [-0.2, 0) is 6.42 Å². The molecule has 3 rings (SSSR count). The zero-order valence-electron chi connectivity index (χ0n) is 15.9. The zero-order chi connectivity index (χ0) is 19.1.